The van der Waals surface area contributed by atoms with Gasteiger partial charge in [-0.2, -0.15) is 0 Å². The highest BCUT2D eigenvalue weighted by Gasteiger charge is 2.38. The maximum absolute atomic E-state index is 5.63. The highest BCUT2D eigenvalue weighted by atomic mass is 16.5. The van der Waals surface area contributed by atoms with Crippen LogP contribution in [0.3, 0.4) is 0 Å². The van der Waals surface area contributed by atoms with Crippen LogP contribution in [0.5, 0.6) is 0 Å². The first-order chi connectivity index (χ1) is 7.24. The van der Waals surface area contributed by atoms with Crippen molar-refractivity contribution in [1.82, 2.24) is 10.2 Å². The van der Waals surface area contributed by atoms with Gasteiger partial charge in [0.25, 0.3) is 0 Å². The maximum Gasteiger partial charge on any atom is 0.0647 e. The minimum absolute atomic E-state index is 0.308. The number of hydrogen-bond acceptors (Lipinski definition) is 3. The van der Waals surface area contributed by atoms with E-state index in [0.717, 1.165) is 19.8 Å². The summed E-state index contributed by atoms with van der Waals surface area (Å²) in [4.78, 5) is 2.62. The Kier molecular flexibility index (Phi) is 3.65. The van der Waals surface area contributed by atoms with Crippen molar-refractivity contribution in [3.63, 3.8) is 0 Å². The lowest BCUT2D eigenvalue weighted by Crippen LogP contribution is -2.51. The molecule has 1 N–H and O–H groups in total. The molecule has 15 heavy (non-hydrogen) atoms. The van der Waals surface area contributed by atoms with Crippen molar-refractivity contribution >= 4 is 0 Å². The molecule has 2 atom stereocenters. The Hall–Kier alpha value is -0.120. The van der Waals surface area contributed by atoms with E-state index in [1.807, 2.05) is 0 Å². The second-order valence-corrected chi connectivity index (χ2v) is 5.14. The highest BCUT2D eigenvalue weighted by Crippen LogP contribution is 2.29. The molecule has 2 saturated heterocycles. The number of hydrogen-bond donors (Lipinski definition) is 1. The van der Waals surface area contributed by atoms with Crippen molar-refractivity contribution < 1.29 is 4.74 Å². The summed E-state index contributed by atoms with van der Waals surface area (Å²) < 4.78 is 5.63. The Labute approximate surface area is 93.2 Å². The van der Waals surface area contributed by atoms with Crippen LogP contribution in [0, 0.1) is 0 Å². The lowest BCUT2D eigenvalue weighted by atomic mass is 9.93. The van der Waals surface area contributed by atoms with E-state index >= 15 is 0 Å². The fourth-order valence-electron chi connectivity index (χ4n) is 2.87. The molecule has 0 aromatic carbocycles. The SMILES string of the molecule is CCNC1CCN(C2(C)CCCOC2)C1. The Balaban J connectivity index is 1.88. The van der Waals surface area contributed by atoms with Gasteiger partial charge in [-0.1, -0.05) is 6.92 Å². The predicted molar refractivity (Wildman–Crippen MR) is 62.1 cm³/mol. The second kappa shape index (κ2) is 4.81. The van der Waals surface area contributed by atoms with Crippen LogP contribution in [0.4, 0.5) is 0 Å². The molecule has 2 heterocycles. The quantitative estimate of drug-likeness (QED) is 0.762. The van der Waals surface area contributed by atoms with Gasteiger partial charge in [0.05, 0.1) is 6.61 Å². The molecule has 2 unspecified atom stereocenters. The van der Waals surface area contributed by atoms with Crippen molar-refractivity contribution in [3.8, 4) is 0 Å². The van der Waals surface area contributed by atoms with Crippen LogP contribution < -0.4 is 5.32 Å². The van der Waals surface area contributed by atoms with E-state index in [9.17, 15) is 0 Å². The van der Waals surface area contributed by atoms with Crippen LogP contribution in [0.25, 0.3) is 0 Å². The predicted octanol–water partition coefficient (Wildman–Crippen LogP) is 1.24. The molecule has 0 aromatic rings. The summed E-state index contributed by atoms with van der Waals surface area (Å²) >= 11 is 0. The molecule has 88 valence electrons. The molecule has 3 nitrogen and oxygen atoms in total. The van der Waals surface area contributed by atoms with Crippen molar-refractivity contribution in [2.75, 3.05) is 32.8 Å². The zero-order valence-electron chi connectivity index (χ0n) is 10.1. The second-order valence-electron chi connectivity index (χ2n) is 5.14. The molecule has 2 fully saturated rings. The number of rotatable bonds is 3. The Morgan fingerprint density at radius 2 is 2.40 bits per heavy atom. The summed E-state index contributed by atoms with van der Waals surface area (Å²) in [5.74, 6) is 0. The summed E-state index contributed by atoms with van der Waals surface area (Å²) in [7, 11) is 0. The summed E-state index contributed by atoms with van der Waals surface area (Å²) in [5, 5.41) is 3.55. The fraction of sp³-hybridized carbons (Fsp3) is 1.00. The van der Waals surface area contributed by atoms with Gasteiger partial charge in [-0.3, -0.25) is 4.90 Å². The van der Waals surface area contributed by atoms with E-state index < -0.39 is 0 Å². The third-order valence-electron chi connectivity index (χ3n) is 3.86. The molecule has 2 rings (SSSR count). The standard InChI is InChI=1S/C12H24N2O/c1-3-13-11-5-7-14(9-11)12(2)6-4-8-15-10-12/h11,13H,3-10H2,1-2H3. The van der Waals surface area contributed by atoms with Crippen molar-refractivity contribution in [3.05, 3.63) is 0 Å². The van der Waals surface area contributed by atoms with Gasteiger partial charge in [-0.25, -0.2) is 0 Å². The molecule has 0 radical (unpaired) electrons. The molecule has 0 bridgehead atoms. The lowest BCUT2D eigenvalue weighted by molar-refractivity contribution is -0.0308. The first kappa shape index (κ1) is 11.4. The molecule has 0 amide bonds. The summed E-state index contributed by atoms with van der Waals surface area (Å²) in [6, 6.07) is 0.703. The number of nitrogens with zero attached hydrogens (tertiary/aromatic N) is 1. The molecule has 0 saturated carbocycles. The zero-order chi connectivity index (χ0) is 10.7. The van der Waals surface area contributed by atoms with Crippen molar-refractivity contribution in [2.24, 2.45) is 0 Å². The molecular formula is C12H24N2O. The fourth-order valence-corrected chi connectivity index (χ4v) is 2.87. The van der Waals surface area contributed by atoms with Gasteiger partial charge < -0.3 is 10.1 Å². The molecule has 2 aliphatic rings. The first-order valence-corrected chi connectivity index (χ1v) is 6.31. The Morgan fingerprint density at radius 3 is 3.07 bits per heavy atom. The third-order valence-corrected chi connectivity index (χ3v) is 3.86. The lowest BCUT2D eigenvalue weighted by Gasteiger charge is -2.41. The normalized spacial score (nSPS) is 38.4. The first-order valence-electron chi connectivity index (χ1n) is 6.31. The molecule has 0 spiro atoms. The van der Waals surface area contributed by atoms with E-state index in [2.05, 4.69) is 24.1 Å². The Morgan fingerprint density at radius 1 is 1.53 bits per heavy atom. The average Bonchev–Trinajstić information content (AvgIpc) is 2.69. The van der Waals surface area contributed by atoms with Crippen LogP contribution in [0.2, 0.25) is 0 Å². The maximum atomic E-state index is 5.63. The number of nitrogens with one attached hydrogen (secondary N) is 1. The number of likely N-dealkylation sites (N-methyl/N-ethyl adjacent to an activating group) is 1. The molecule has 0 aromatic heterocycles. The highest BCUT2D eigenvalue weighted by molar-refractivity contribution is 4.94. The number of likely N-dealkylation sites (tertiary alicyclic amines) is 1. The van der Waals surface area contributed by atoms with Crippen LogP contribution in [-0.2, 0) is 4.74 Å². The van der Waals surface area contributed by atoms with Crippen LogP contribution >= 0.6 is 0 Å². The van der Waals surface area contributed by atoms with E-state index in [1.54, 1.807) is 0 Å². The Bertz CT molecular complexity index is 202. The van der Waals surface area contributed by atoms with E-state index in [4.69, 9.17) is 4.74 Å². The van der Waals surface area contributed by atoms with Gasteiger partial charge in [0, 0.05) is 31.3 Å². The number of ether oxygens (including phenoxy) is 1. The van der Waals surface area contributed by atoms with Crippen molar-refractivity contribution in [1.29, 1.82) is 0 Å². The van der Waals surface area contributed by atoms with Gasteiger partial charge in [0.1, 0.15) is 0 Å². The smallest absolute Gasteiger partial charge is 0.0647 e. The van der Waals surface area contributed by atoms with Gasteiger partial charge >= 0.3 is 0 Å². The molecular weight excluding hydrogens is 188 g/mol. The molecule has 2 aliphatic heterocycles. The van der Waals surface area contributed by atoms with E-state index in [-0.39, 0.29) is 0 Å². The van der Waals surface area contributed by atoms with Gasteiger partial charge in [-0.05, 0) is 32.7 Å². The average molecular weight is 212 g/mol. The molecule has 0 aliphatic carbocycles. The largest absolute Gasteiger partial charge is 0.380 e. The molecule has 3 heteroatoms. The van der Waals surface area contributed by atoms with Crippen LogP contribution in [0.15, 0.2) is 0 Å². The minimum Gasteiger partial charge on any atom is -0.380 e. The monoisotopic (exact) mass is 212 g/mol. The van der Waals surface area contributed by atoms with Gasteiger partial charge in [-0.15, -0.1) is 0 Å². The zero-order valence-corrected chi connectivity index (χ0v) is 10.1. The summed E-state index contributed by atoms with van der Waals surface area (Å²) in [6.45, 7) is 9.96. The van der Waals surface area contributed by atoms with Crippen molar-refractivity contribution in [2.45, 2.75) is 44.7 Å². The van der Waals surface area contributed by atoms with E-state index in [1.165, 1.54) is 32.4 Å². The van der Waals surface area contributed by atoms with Crippen LogP contribution in [0.1, 0.15) is 33.1 Å². The summed E-state index contributed by atoms with van der Waals surface area (Å²) in [6.07, 6.45) is 3.81. The minimum atomic E-state index is 0.308. The topological polar surface area (TPSA) is 24.5 Å². The van der Waals surface area contributed by atoms with Gasteiger partial charge in [0.2, 0.25) is 0 Å². The third kappa shape index (κ3) is 2.52. The van der Waals surface area contributed by atoms with Crippen LogP contribution in [-0.4, -0.2) is 49.3 Å². The van der Waals surface area contributed by atoms with E-state index in [0.29, 0.717) is 11.6 Å². The van der Waals surface area contributed by atoms with Gasteiger partial charge in [0.15, 0.2) is 0 Å². The summed E-state index contributed by atoms with van der Waals surface area (Å²) in [5.41, 5.74) is 0.308.